The van der Waals surface area contributed by atoms with Crippen molar-refractivity contribution in [1.82, 2.24) is 4.90 Å². The molecule has 0 spiro atoms. The Labute approximate surface area is 154 Å². The van der Waals surface area contributed by atoms with Crippen molar-refractivity contribution in [1.29, 1.82) is 0 Å². The SMILES string of the molecule is CC1=C(C)[C@@H](CO[Si](C)(C)C(C)(C)C)N(C(=O)OC(C)(C)C)C[C@H]1O. The molecule has 0 saturated carbocycles. The predicted octanol–water partition coefficient (Wildman–Crippen LogP) is 4.32. The zero-order valence-corrected chi connectivity index (χ0v) is 18.7. The van der Waals surface area contributed by atoms with Crippen LogP contribution in [0.5, 0.6) is 0 Å². The van der Waals surface area contributed by atoms with Crippen LogP contribution in [-0.2, 0) is 9.16 Å². The third-order valence-electron chi connectivity index (χ3n) is 5.40. The third-order valence-corrected chi connectivity index (χ3v) is 9.90. The average Bonchev–Trinajstić information content (AvgIpc) is 2.40. The van der Waals surface area contributed by atoms with Gasteiger partial charge in [0, 0.05) is 0 Å². The number of β-amino-alcohol motifs (C(OH)–C–C–N with tert-alkyl or cyclic N) is 1. The lowest BCUT2D eigenvalue weighted by molar-refractivity contribution is 0.000691. The van der Waals surface area contributed by atoms with Crippen LogP contribution in [0.1, 0.15) is 55.4 Å². The van der Waals surface area contributed by atoms with Crippen molar-refractivity contribution in [2.75, 3.05) is 13.2 Å². The maximum atomic E-state index is 12.7. The van der Waals surface area contributed by atoms with Crippen molar-refractivity contribution in [3.8, 4) is 0 Å². The lowest BCUT2D eigenvalue weighted by Gasteiger charge is -2.43. The highest BCUT2D eigenvalue weighted by atomic mass is 28.4. The van der Waals surface area contributed by atoms with Crippen LogP contribution in [0.4, 0.5) is 4.79 Å². The Kier molecular flexibility index (Phi) is 6.58. The first-order valence-electron chi connectivity index (χ1n) is 9.06. The van der Waals surface area contributed by atoms with Crippen molar-refractivity contribution < 1.29 is 19.1 Å². The fourth-order valence-electron chi connectivity index (χ4n) is 2.45. The summed E-state index contributed by atoms with van der Waals surface area (Å²) in [6.07, 6.45) is -1.06. The zero-order valence-electron chi connectivity index (χ0n) is 17.7. The fraction of sp³-hybridized carbons (Fsp3) is 0.842. The molecule has 1 aliphatic heterocycles. The summed E-state index contributed by atoms with van der Waals surface area (Å²) in [5, 5.41) is 10.4. The standard InChI is InChI=1S/C19H37NO4Si/c1-13-14(2)16(21)11-20(17(22)24-18(3,4)5)15(13)12-23-25(9,10)19(6,7)8/h15-16,21H,11-12H2,1-10H3/t15-,16-/m1/s1. The minimum absolute atomic E-state index is 0.102. The quantitative estimate of drug-likeness (QED) is 0.593. The molecule has 6 heteroatoms. The topological polar surface area (TPSA) is 59.0 Å². The van der Waals surface area contributed by atoms with Crippen LogP contribution in [0.2, 0.25) is 18.1 Å². The summed E-state index contributed by atoms with van der Waals surface area (Å²) in [5.74, 6) is 0. The lowest BCUT2D eigenvalue weighted by atomic mass is 9.94. The largest absolute Gasteiger partial charge is 0.444 e. The highest BCUT2D eigenvalue weighted by Gasteiger charge is 2.41. The van der Waals surface area contributed by atoms with Gasteiger partial charge in [-0.3, -0.25) is 4.90 Å². The van der Waals surface area contributed by atoms with E-state index in [0.717, 1.165) is 11.1 Å². The number of rotatable bonds is 3. The molecule has 146 valence electrons. The number of carbonyl (C=O) groups excluding carboxylic acids is 1. The molecular formula is C19H37NO4Si. The van der Waals surface area contributed by atoms with Gasteiger partial charge in [0.25, 0.3) is 0 Å². The van der Waals surface area contributed by atoms with Gasteiger partial charge < -0.3 is 14.3 Å². The first kappa shape index (κ1) is 22.2. The first-order chi connectivity index (χ1) is 11.1. The van der Waals surface area contributed by atoms with Gasteiger partial charge in [-0.2, -0.15) is 0 Å². The molecule has 1 aliphatic rings. The fourth-order valence-corrected chi connectivity index (χ4v) is 3.46. The zero-order chi connectivity index (χ0) is 19.8. The Hall–Kier alpha value is -0.853. The predicted molar refractivity (Wildman–Crippen MR) is 104 cm³/mol. The molecule has 0 aromatic carbocycles. The number of hydrogen-bond donors (Lipinski definition) is 1. The molecule has 0 radical (unpaired) electrons. The molecule has 0 aromatic rings. The average molecular weight is 372 g/mol. The molecule has 0 unspecified atom stereocenters. The summed E-state index contributed by atoms with van der Waals surface area (Å²) in [4.78, 5) is 14.3. The van der Waals surface area contributed by atoms with Gasteiger partial charge in [0.15, 0.2) is 8.32 Å². The molecule has 2 atom stereocenters. The van der Waals surface area contributed by atoms with Gasteiger partial charge in [-0.25, -0.2) is 4.79 Å². The molecule has 1 amide bonds. The molecule has 0 fully saturated rings. The van der Waals surface area contributed by atoms with Crippen LogP contribution in [-0.4, -0.2) is 55.3 Å². The molecule has 1 N–H and O–H groups in total. The maximum absolute atomic E-state index is 12.7. The van der Waals surface area contributed by atoms with Crippen molar-refractivity contribution in [3.05, 3.63) is 11.1 Å². The molecule has 0 bridgehead atoms. The molecule has 25 heavy (non-hydrogen) atoms. The second-order valence-electron chi connectivity index (χ2n) is 9.60. The van der Waals surface area contributed by atoms with Gasteiger partial charge in [-0.05, 0) is 63.9 Å². The molecule has 1 heterocycles. The van der Waals surface area contributed by atoms with E-state index in [1.54, 1.807) is 4.90 Å². The van der Waals surface area contributed by atoms with E-state index < -0.39 is 26.1 Å². The van der Waals surface area contributed by atoms with Gasteiger partial charge >= 0.3 is 6.09 Å². The Morgan fingerprint density at radius 3 is 2.12 bits per heavy atom. The smallest absolute Gasteiger partial charge is 0.410 e. The molecular weight excluding hydrogens is 334 g/mol. The Bertz CT molecular complexity index is 529. The third kappa shape index (κ3) is 5.56. The second kappa shape index (κ2) is 7.41. The molecule has 0 aliphatic carbocycles. The molecule has 5 nitrogen and oxygen atoms in total. The van der Waals surface area contributed by atoms with Crippen LogP contribution < -0.4 is 0 Å². The highest BCUT2D eigenvalue weighted by Crippen LogP contribution is 2.37. The Morgan fingerprint density at radius 2 is 1.68 bits per heavy atom. The van der Waals surface area contributed by atoms with Gasteiger partial charge in [0.2, 0.25) is 0 Å². The number of aliphatic hydroxyl groups is 1. The Morgan fingerprint density at radius 1 is 1.16 bits per heavy atom. The van der Waals surface area contributed by atoms with Crippen LogP contribution >= 0.6 is 0 Å². The summed E-state index contributed by atoms with van der Waals surface area (Å²) in [7, 11) is -1.93. The number of amides is 1. The summed E-state index contributed by atoms with van der Waals surface area (Å²) in [6.45, 7) is 21.1. The van der Waals surface area contributed by atoms with E-state index in [-0.39, 0.29) is 17.6 Å². The van der Waals surface area contributed by atoms with Crippen molar-refractivity contribution >= 4 is 14.4 Å². The minimum Gasteiger partial charge on any atom is -0.444 e. The Balaban J connectivity index is 3.05. The molecule has 0 aromatic heterocycles. The number of nitrogens with zero attached hydrogens (tertiary/aromatic N) is 1. The van der Waals surface area contributed by atoms with E-state index in [4.69, 9.17) is 9.16 Å². The van der Waals surface area contributed by atoms with Crippen LogP contribution in [0, 0.1) is 0 Å². The number of hydrogen-bond acceptors (Lipinski definition) is 4. The summed E-state index contributed by atoms with van der Waals surface area (Å²) in [5.41, 5.74) is 1.34. The normalized spacial score (nSPS) is 23.1. The second-order valence-corrected chi connectivity index (χ2v) is 14.4. The molecule has 0 saturated heterocycles. The van der Waals surface area contributed by atoms with E-state index in [9.17, 15) is 9.90 Å². The van der Waals surface area contributed by atoms with Gasteiger partial charge in [0.05, 0.1) is 25.3 Å². The summed E-state index contributed by atoms with van der Waals surface area (Å²) in [6, 6.07) is -0.202. The maximum Gasteiger partial charge on any atom is 0.410 e. The van der Waals surface area contributed by atoms with E-state index in [0.29, 0.717) is 6.61 Å². The van der Waals surface area contributed by atoms with Crippen LogP contribution in [0.25, 0.3) is 0 Å². The van der Waals surface area contributed by atoms with Crippen molar-refractivity contribution in [2.45, 2.75) is 91.3 Å². The van der Waals surface area contributed by atoms with Gasteiger partial charge in [0.1, 0.15) is 5.60 Å². The summed E-state index contributed by atoms with van der Waals surface area (Å²) < 4.78 is 11.9. The van der Waals surface area contributed by atoms with Crippen LogP contribution in [0.15, 0.2) is 11.1 Å². The monoisotopic (exact) mass is 371 g/mol. The van der Waals surface area contributed by atoms with E-state index in [2.05, 4.69) is 33.9 Å². The van der Waals surface area contributed by atoms with Gasteiger partial charge in [-0.15, -0.1) is 0 Å². The number of ether oxygens (including phenoxy) is 1. The van der Waals surface area contributed by atoms with E-state index in [1.807, 2.05) is 34.6 Å². The van der Waals surface area contributed by atoms with Gasteiger partial charge in [-0.1, -0.05) is 20.8 Å². The van der Waals surface area contributed by atoms with E-state index >= 15 is 0 Å². The minimum atomic E-state index is -1.93. The van der Waals surface area contributed by atoms with Crippen LogP contribution in [0.3, 0.4) is 0 Å². The molecule has 1 rings (SSSR count). The lowest BCUT2D eigenvalue weighted by Crippen LogP contribution is -2.54. The summed E-state index contributed by atoms with van der Waals surface area (Å²) >= 11 is 0. The van der Waals surface area contributed by atoms with Crippen molar-refractivity contribution in [2.24, 2.45) is 0 Å². The number of carbonyl (C=O) groups is 1. The van der Waals surface area contributed by atoms with Crippen molar-refractivity contribution in [3.63, 3.8) is 0 Å². The highest BCUT2D eigenvalue weighted by molar-refractivity contribution is 6.74. The van der Waals surface area contributed by atoms with E-state index in [1.165, 1.54) is 0 Å². The number of aliphatic hydroxyl groups excluding tert-OH is 1. The first-order valence-corrected chi connectivity index (χ1v) is 12.0.